The van der Waals surface area contributed by atoms with Crippen molar-refractivity contribution in [3.63, 3.8) is 0 Å². The van der Waals surface area contributed by atoms with Crippen LogP contribution in [0, 0.1) is 0 Å². The lowest BCUT2D eigenvalue weighted by atomic mass is 10.2. The summed E-state index contributed by atoms with van der Waals surface area (Å²) in [6.07, 6.45) is 0.877. The summed E-state index contributed by atoms with van der Waals surface area (Å²) in [5.41, 5.74) is 1.70. The molecule has 1 aromatic rings. The van der Waals surface area contributed by atoms with Crippen molar-refractivity contribution in [3.8, 4) is 22.9 Å². The molecule has 3 aliphatic rings. The monoisotopic (exact) mass is 409 g/mol. The van der Waals surface area contributed by atoms with Gasteiger partial charge in [-0.25, -0.2) is 14.8 Å². The average Bonchev–Trinajstić information content (AvgIpc) is 3.18. The number of hydrogen-bond donors (Lipinski definition) is 1. The molecule has 0 spiro atoms. The van der Waals surface area contributed by atoms with Crippen LogP contribution in [0.4, 0.5) is 5.82 Å². The molecule has 0 aromatic heterocycles. The fourth-order valence-electron chi connectivity index (χ4n) is 2.97. The van der Waals surface area contributed by atoms with E-state index >= 15 is 0 Å². The van der Waals surface area contributed by atoms with Crippen molar-refractivity contribution in [2.45, 2.75) is 26.4 Å². The second kappa shape index (κ2) is 6.57. The Balaban J connectivity index is 0.00000169. The lowest BCUT2D eigenvalue weighted by molar-refractivity contribution is 0.589. The summed E-state index contributed by atoms with van der Waals surface area (Å²) in [6, 6.07) is 7.88. The zero-order valence-electron chi connectivity index (χ0n) is 13.1. The zero-order valence-corrected chi connectivity index (χ0v) is 15.5. The third kappa shape index (κ3) is 2.61. The van der Waals surface area contributed by atoms with Crippen LogP contribution < -0.4 is 11.0 Å². The average molecular weight is 411 g/mol. The number of aromatic nitrogens is 4. The molecular formula is C16H17BrClN5O. The maximum atomic E-state index is 12.7. The molecule has 3 aliphatic heterocycles. The molecule has 4 rings (SSSR count). The lowest BCUT2D eigenvalue weighted by Crippen LogP contribution is -2.31. The van der Waals surface area contributed by atoms with Gasteiger partial charge in [-0.3, -0.25) is 9.13 Å². The fraction of sp³-hybridized carbons (Fsp3) is 0.312. The van der Waals surface area contributed by atoms with E-state index in [4.69, 9.17) is 4.98 Å². The molecule has 24 heavy (non-hydrogen) atoms. The first-order valence-corrected chi connectivity index (χ1v) is 8.49. The summed E-state index contributed by atoms with van der Waals surface area (Å²) >= 11 is 3.44. The van der Waals surface area contributed by atoms with E-state index in [1.54, 1.807) is 9.13 Å². The number of fused-ring (bicyclic) bond motifs is 3. The van der Waals surface area contributed by atoms with Crippen LogP contribution in [0.2, 0.25) is 0 Å². The van der Waals surface area contributed by atoms with Gasteiger partial charge in [-0.05, 0) is 18.6 Å². The van der Waals surface area contributed by atoms with Crippen molar-refractivity contribution in [1.29, 1.82) is 0 Å². The summed E-state index contributed by atoms with van der Waals surface area (Å²) in [5.74, 6) is 2.10. The van der Waals surface area contributed by atoms with Crippen molar-refractivity contribution < 1.29 is 0 Å². The first-order chi connectivity index (χ1) is 11.2. The number of anilines is 1. The molecule has 6 nitrogen and oxygen atoms in total. The lowest BCUT2D eigenvalue weighted by Gasteiger charge is -2.13. The van der Waals surface area contributed by atoms with E-state index in [-0.39, 0.29) is 18.1 Å². The largest absolute Gasteiger partial charge is 0.368 e. The number of nitrogens with zero attached hydrogens (tertiary/aromatic N) is 4. The summed E-state index contributed by atoms with van der Waals surface area (Å²) in [6.45, 7) is 4.13. The predicted molar refractivity (Wildman–Crippen MR) is 100 cm³/mol. The van der Waals surface area contributed by atoms with Gasteiger partial charge in [0.2, 0.25) is 0 Å². The molecule has 0 bridgehead atoms. The van der Waals surface area contributed by atoms with Crippen LogP contribution in [0.25, 0.3) is 22.9 Å². The molecule has 0 amide bonds. The van der Waals surface area contributed by atoms with Crippen LogP contribution in [0.5, 0.6) is 0 Å². The highest BCUT2D eigenvalue weighted by molar-refractivity contribution is 9.10. The van der Waals surface area contributed by atoms with Crippen LogP contribution >= 0.6 is 28.3 Å². The SMILES string of the molecule is CCCn1c2nc(-c3ccc(Br)cc3)nc-2c2n(c1=O)CCN2.Cl. The van der Waals surface area contributed by atoms with Gasteiger partial charge in [0.05, 0.1) is 0 Å². The van der Waals surface area contributed by atoms with E-state index in [0.29, 0.717) is 24.7 Å². The van der Waals surface area contributed by atoms with Gasteiger partial charge in [0, 0.05) is 29.7 Å². The Bertz CT molecular complexity index is 902. The Morgan fingerprint density at radius 1 is 1.25 bits per heavy atom. The van der Waals surface area contributed by atoms with E-state index in [0.717, 1.165) is 34.5 Å². The van der Waals surface area contributed by atoms with E-state index in [1.807, 2.05) is 24.3 Å². The minimum atomic E-state index is -0.0124. The summed E-state index contributed by atoms with van der Waals surface area (Å²) in [4.78, 5) is 22.0. The Kier molecular flexibility index (Phi) is 4.64. The molecule has 0 radical (unpaired) electrons. The van der Waals surface area contributed by atoms with Gasteiger partial charge in [0.1, 0.15) is 11.5 Å². The van der Waals surface area contributed by atoms with E-state index in [2.05, 4.69) is 33.2 Å². The molecule has 3 heterocycles. The number of benzene rings is 1. The minimum Gasteiger partial charge on any atom is -0.368 e. The van der Waals surface area contributed by atoms with Crippen LogP contribution in [-0.2, 0) is 13.1 Å². The zero-order chi connectivity index (χ0) is 16.0. The Morgan fingerprint density at radius 3 is 2.71 bits per heavy atom. The standard InChI is InChI=1S/C16H16BrN5O.ClH/c1-2-8-21-15-12(14-18-7-9-22(14)16(21)23)19-13(20-15)10-3-5-11(17)6-4-10;/h3-6,18H,2,7-9H2,1H3;1H. The summed E-state index contributed by atoms with van der Waals surface area (Å²) in [5, 5.41) is 3.27. The second-order valence-corrected chi connectivity index (χ2v) is 6.50. The minimum absolute atomic E-state index is 0. The predicted octanol–water partition coefficient (Wildman–Crippen LogP) is 3.23. The highest BCUT2D eigenvalue weighted by atomic mass is 79.9. The first-order valence-electron chi connectivity index (χ1n) is 7.70. The number of imidazole rings is 1. The Labute approximate surface area is 153 Å². The smallest absolute Gasteiger partial charge is 0.331 e. The maximum absolute atomic E-state index is 12.7. The van der Waals surface area contributed by atoms with Gasteiger partial charge >= 0.3 is 5.69 Å². The molecule has 1 aromatic carbocycles. The van der Waals surface area contributed by atoms with Gasteiger partial charge in [0.25, 0.3) is 0 Å². The van der Waals surface area contributed by atoms with Crippen LogP contribution in [0.1, 0.15) is 13.3 Å². The highest BCUT2D eigenvalue weighted by Crippen LogP contribution is 2.31. The molecule has 1 N–H and O–H groups in total. The molecule has 0 saturated carbocycles. The number of hydrogen-bond acceptors (Lipinski definition) is 4. The quantitative estimate of drug-likeness (QED) is 0.720. The molecule has 8 heteroatoms. The van der Waals surface area contributed by atoms with Gasteiger partial charge in [0.15, 0.2) is 11.6 Å². The molecule has 0 unspecified atom stereocenters. The summed E-state index contributed by atoms with van der Waals surface area (Å²) < 4.78 is 4.51. The van der Waals surface area contributed by atoms with Crippen molar-refractivity contribution in [1.82, 2.24) is 19.1 Å². The van der Waals surface area contributed by atoms with Crippen LogP contribution in [0.15, 0.2) is 33.5 Å². The van der Waals surface area contributed by atoms with E-state index in [1.165, 1.54) is 0 Å². The Morgan fingerprint density at radius 2 is 2.00 bits per heavy atom. The summed E-state index contributed by atoms with van der Waals surface area (Å²) in [7, 11) is 0. The first kappa shape index (κ1) is 17.0. The number of nitrogens with one attached hydrogen (secondary N) is 1. The van der Waals surface area contributed by atoms with E-state index < -0.39 is 0 Å². The number of halogens is 2. The highest BCUT2D eigenvalue weighted by Gasteiger charge is 2.27. The molecular weight excluding hydrogens is 394 g/mol. The fourth-order valence-corrected chi connectivity index (χ4v) is 3.23. The third-order valence-corrected chi connectivity index (χ3v) is 4.56. The molecule has 0 atom stereocenters. The molecule has 0 saturated heterocycles. The second-order valence-electron chi connectivity index (χ2n) is 5.59. The van der Waals surface area contributed by atoms with Crippen LogP contribution in [0.3, 0.4) is 0 Å². The normalized spacial score (nSPS) is 12.8. The van der Waals surface area contributed by atoms with Gasteiger partial charge in [-0.1, -0.05) is 35.0 Å². The van der Waals surface area contributed by atoms with Gasteiger partial charge < -0.3 is 5.32 Å². The molecule has 126 valence electrons. The third-order valence-electron chi connectivity index (χ3n) is 4.03. The van der Waals surface area contributed by atoms with Crippen molar-refractivity contribution in [3.05, 3.63) is 39.2 Å². The number of rotatable bonds is 3. The van der Waals surface area contributed by atoms with Gasteiger partial charge in [-0.2, -0.15) is 0 Å². The van der Waals surface area contributed by atoms with Gasteiger partial charge in [-0.15, -0.1) is 12.4 Å². The van der Waals surface area contributed by atoms with Crippen molar-refractivity contribution >= 4 is 34.2 Å². The Hall–Kier alpha value is -1.86. The molecule has 0 fully saturated rings. The van der Waals surface area contributed by atoms with Crippen LogP contribution in [-0.4, -0.2) is 25.6 Å². The topological polar surface area (TPSA) is 64.7 Å². The maximum Gasteiger partial charge on any atom is 0.331 e. The van der Waals surface area contributed by atoms with Crippen molar-refractivity contribution in [2.75, 3.05) is 11.9 Å². The van der Waals surface area contributed by atoms with E-state index in [9.17, 15) is 4.79 Å². The van der Waals surface area contributed by atoms with Crippen molar-refractivity contribution in [2.24, 2.45) is 0 Å². The molecule has 0 aliphatic carbocycles.